The van der Waals surface area contributed by atoms with Gasteiger partial charge in [0, 0.05) is 29.1 Å². The Labute approximate surface area is 159 Å². The quantitative estimate of drug-likeness (QED) is 0.326. The van der Waals surface area contributed by atoms with Crippen LogP contribution >= 0.6 is 11.3 Å². The van der Waals surface area contributed by atoms with Gasteiger partial charge in [0.2, 0.25) is 11.0 Å². The average Bonchev–Trinajstić information content (AvgIpc) is 3.27. The third-order valence-corrected chi connectivity index (χ3v) is 5.14. The molecule has 0 fully saturated rings. The standard InChI is InChI=1S/C19H17N5O2S/c1-2-6-12-9-10-14-16(20)17(27-19(14)21-12)18(25)22-15-11-24(23-26-15)13-7-4-3-5-8-13/h3-5,7-11H,2,6H2,1H3,(H2-,20,22,23,25). The molecule has 3 aromatic heterocycles. The predicted octanol–water partition coefficient (Wildman–Crippen LogP) is 2.53. The molecule has 0 saturated carbocycles. The number of aliphatic imine (C=N–C) groups is 1. The van der Waals surface area contributed by atoms with Gasteiger partial charge < -0.3 is 10.8 Å². The first-order valence-electron chi connectivity index (χ1n) is 8.53. The summed E-state index contributed by atoms with van der Waals surface area (Å²) in [6.07, 6.45) is 3.45. The van der Waals surface area contributed by atoms with Crippen LogP contribution in [0.15, 0.2) is 58.2 Å². The lowest BCUT2D eigenvalue weighted by molar-refractivity contribution is -0.670. The van der Waals surface area contributed by atoms with Crippen LogP contribution in [0, 0.1) is 0 Å². The summed E-state index contributed by atoms with van der Waals surface area (Å²) in [5.41, 5.74) is 8.35. The fourth-order valence-electron chi connectivity index (χ4n) is 2.73. The van der Waals surface area contributed by atoms with Gasteiger partial charge in [-0.15, -0.1) is 11.3 Å². The van der Waals surface area contributed by atoms with E-state index in [0.29, 0.717) is 10.6 Å². The minimum atomic E-state index is -0.469. The monoisotopic (exact) mass is 379 g/mol. The number of anilines is 1. The summed E-state index contributed by atoms with van der Waals surface area (Å²) >= 11 is 1.25. The molecule has 3 heterocycles. The van der Waals surface area contributed by atoms with Crippen molar-refractivity contribution in [3.8, 4) is 5.69 Å². The highest BCUT2D eigenvalue weighted by Gasteiger charge is 2.15. The Morgan fingerprint density at radius 2 is 2.07 bits per heavy atom. The Morgan fingerprint density at radius 3 is 2.85 bits per heavy atom. The number of nitrogens with two attached hydrogens (primary N) is 1. The maximum atomic E-state index is 12.6. The highest BCUT2D eigenvalue weighted by molar-refractivity contribution is 7.21. The van der Waals surface area contributed by atoms with Crippen molar-refractivity contribution in [1.29, 1.82) is 0 Å². The second-order valence-corrected chi connectivity index (χ2v) is 6.99. The van der Waals surface area contributed by atoms with Gasteiger partial charge in [-0.1, -0.05) is 31.5 Å². The number of nitrogen functional groups attached to an aromatic ring is 1. The number of para-hydroxylation sites is 1. The lowest BCUT2D eigenvalue weighted by atomic mass is 10.2. The van der Waals surface area contributed by atoms with E-state index in [1.807, 2.05) is 42.5 Å². The Bertz CT molecular complexity index is 1120. The van der Waals surface area contributed by atoms with Crippen molar-refractivity contribution in [2.24, 2.45) is 4.99 Å². The first-order chi connectivity index (χ1) is 13.2. The molecule has 0 saturated heterocycles. The van der Waals surface area contributed by atoms with Gasteiger partial charge in [0.15, 0.2) is 0 Å². The SMILES string of the molecule is CCCc1ccc2c(N)c(/C([O-])=N/c3c[n+](-c4ccccc4)no3)sc2n1. The number of fused-ring (bicyclic) bond motifs is 1. The van der Waals surface area contributed by atoms with Crippen LogP contribution in [0.25, 0.3) is 15.9 Å². The van der Waals surface area contributed by atoms with Crippen LogP contribution in [0.1, 0.15) is 23.9 Å². The Morgan fingerprint density at radius 1 is 1.26 bits per heavy atom. The molecule has 0 aliphatic heterocycles. The molecule has 0 radical (unpaired) electrons. The highest BCUT2D eigenvalue weighted by atomic mass is 32.1. The van der Waals surface area contributed by atoms with E-state index < -0.39 is 5.90 Å². The number of nitrogens with zero attached hydrogens (tertiary/aromatic N) is 4. The predicted molar refractivity (Wildman–Crippen MR) is 102 cm³/mol. The lowest BCUT2D eigenvalue weighted by Crippen LogP contribution is -2.30. The fraction of sp³-hybridized carbons (Fsp3) is 0.158. The molecule has 0 spiro atoms. The van der Waals surface area contributed by atoms with Crippen molar-refractivity contribution in [2.75, 3.05) is 5.73 Å². The summed E-state index contributed by atoms with van der Waals surface area (Å²) in [5.74, 6) is -0.357. The largest absolute Gasteiger partial charge is 0.857 e. The van der Waals surface area contributed by atoms with Crippen LogP contribution in [0.3, 0.4) is 0 Å². The molecular weight excluding hydrogens is 362 g/mol. The molecule has 7 nitrogen and oxygen atoms in total. The number of hydrogen-bond acceptors (Lipinski definition) is 7. The third kappa shape index (κ3) is 3.39. The number of rotatable bonds is 5. The van der Waals surface area contributed by atoms with Crippen LogP contribution in [0.2, 0.25) is 0 Å². The summed E-state index contributed by atoms with van der Waals surface area (Å²) < 4.78 is 6.66. The van der Waals surface area contributed by atoms with Gasteiger partial charge in [0.05, 0.1) is 10.6 Å². The van der Waals surface area contributed by atoms with Crippen LogP contribution in [-0.2, 0) is 6.42 Å². The number of aromatic nitrogens is 3. The summed E-state index contributed by atoms with van der Waals surface area (Å²) in [4.78, 5) is 9.69. The molecule has 2 N–H and O–H groups in total. The topological polar surface area (TPSA) is 104 Å². The van der Waals surface area contributed by atoms with E-state index in [1.54, 1.807) is 6.20 Å². The molecule has 1 aromatic carbocycles. The van der Waals surface area contributed by atoms with Crippen molar-refractivity contribution < 1.29 is 14.3 Å². The van der Waals surface area contributed by atoms with E-state index >= 15 is 0 Å². The number of hydrogen-bond donors (Lipinski definition) is 1. The average molecular weight is 379 g/mol. The maximum Gasteiger partial charge on any atom is 0.321 e. The van der Waals surface area contributed by atoms with E-state index in [4.69, 9.17) is 10.3 Å². The van der Waals surface area contributed by atoms with E-state index in [-0.39, 0.29) is 5.88 Å². The normalized spacial score (nSPS) is 12.0. The molecule has 0 aliphatic carbocycles. The summed E-state index contributed by atoms with van der Waals surface area (Å²) in [5, 5.41) is 17.3. The van der Waals surface area contributed by atoms with Gasteiger partial charge in [0.25, 0.3) is 6.20 Å². The highest BCUT2D eigenvalue weighted by Crippen LogP contribution is 2.33. The molecule has 0 atom stereocenters. The molecule has 4 rings (SSSR count). The number of pyridine rings is 1. The van der Waals surface area contributed by atoms with Gasteiger partial charge in [-0.3, -0.25) is 4.52 Å². The smallest absolute Gasteiger partial charge is 0.321 e. The second-order valence-electron chi connectivity index (χ2n) is 5.99. The van der Waals surface area contributed by atoms with Crippen molar-refractivity contribution >= 4 is 39.0 Å². The third-order valence-electron chi connectivity index (χ3n) is 4.04. The molecule has 0 unspecified atom stereocenters. The summed E-state index contributed by atoms with van der Waals surface area (Å²) in [7, 11) is 0. The molecule has 0 aliphatic rings. The van der Waals surface area contributed by atoms with Crippen LogP contribution in [-0.4, -0.2) is 16.2 Å². The van der Waals surface area contributed by atoms with Crippen molar-refractivity contribution in [1.82, 2.24) is 10.3 Å². The minimum Gasteiger partial charge on any atom is -0.857 e. The maximum absolute atomic E-state index is 12.6. The number of aryl methyl sites for hydroxylation is 1. The number of thiophene rings is 1. The van der Waals surface area contributed by atoms with Gasteiger partial charge >= 0.3 is 5.88 Å². The first-order valence-corrected chi connectivity index (χ1v) is 9.35. The molecule has 0 bridgehead atoms. The van der Waals surface area contributed by atoms with Crippen molar-refractivity contribution in [2.45, 2.75) is 19.8 Å². The Balaban J connectivity index is 1.67. The zero-order valence-corrected chi connectivity index (χ0v) is 15.4. The second kappa shape index (κ2) is 7.16. The summed E-state index contributed by atoms with van der Waals surface area (Å²) in [6, 6.07) is 13.3. The summed E-state index contributed by atoms with van der Waals surface area (Å²) in [6.45, 7) is 2.10. The van der Waals surface area contributed by atoms with Crippen LogP contribution in [0.4, 0.5) is 11.6 Å². The number of benzene rings is 1. The zero-order valence-electron chi connectivity index (χ0n) is 14.6. The lowest BCUT2D eigenvalue weighted by Gasteiger charge is -2.06. The Hall–Kier alpha value is -3.26. The zero-order chi connectivity index (χ0) is 18.8. The molecular formula is C19H17N5O2S. The van der Waals surface area contributed by atoms with E-state index in [0.717, 1.165) is 34.4 Å². The van der Waals surface area contributed by atoms with E-state index in [9.17, 15) is 5.11 Å². The minimum absolute atomic E-state index is 0.111. The molecule has 0 amide bonds. The van der Waals surface area contributed by atoms with E-state index in [2.05, 4.69) is 22.2 Å². The van der Waals surface area contributed by atoms with Gasteiger partial charge in [-0.25, -0.2) is 9.98 Å². The van der Waals surface area contributed by atoms with Gasteiger partial charge in [-0.05, 0) is 23.2 Å². The van der Waals surface area contributed by atoms with Crippen LogP contribution < -0.4 is 15.5 Å². The first kappa shape index (κ1) is 17.2. The fourth-order valence-corrected chi connectivity index (χ4v) is 3.73. The van der Waals surface area contributed by atoms with Crippen LogP contribution in [0.5, 0.6) is 0 Å². The van der Waals surface area contributed by atoms with Crippen molar-refractivity contribution in [3.63, 3.8) is 0 Å². The molecule has 8 heteroatoms. The van der Waals surface area contributed by atoms with E-state index in [1.165, 1.54) is 16.0 Å². The van der Waals surface area contributed by atoms with Gasteiger partial charge in [0.1, 0.15) is 4.83 Å². The molecule has 136 valence electrons. The van der Waals surface area contributed by atoms with Crippen molar-refractivity contribution in [3.05, 3.63) is 59.2 Å². The molecule has 27 heavy (non-hydrogen) atoms. The Kier molecular flexibility index (Phi) is 4.55. The molecule has 4 aromatic rings. The van der Waals surface area contributed by atoms with Gasteiger partial charge in [-0.2, -0.15) is 0 Å².